The molecule has 0 aliphatic rings. The molecule has 0 aliphatic heterocycles. The van der Waals surface area contributed by atoms with Crippen molar-refractivity contribution in [1.82, 2.24) is 4.98 Å². The number of thiazole rings is 1. The number of thiophene rings is 1. The van der Waals surface area contributed by atoms with Gasteiger partial charge in [-0.3, -0.25) is 10.1 Å². The van der Waals surface area contributed by atoms with E-state index in [2.05, 4.69) is 10.3 Å². The lowest BCUT2D eigenvalue weighted by atomic mass is 10.4. The first-order valence-corrected chi connectivity index (χ1v) is 7.35. The predicted molar refractivity (Wildman–Crippen MR) is 80.5 cm³/mol. The van der Waals surface area contributed by atoms with Gasteiger partial charge in [0.1, 0.15) is 0 Å². The highest BCUT2D eigenvalue weighted by Crippen LogP contribution is 2.23. The number of carboxylic acids is 1. The lowest BCUT2D eigenvalue weighted by molar-refractivity contribution is -0.131. The highest BCUT2D eigenvalue weighted by molar-refractivity contribution is 7.16. The fraction of sp³-hybridized carbons (Fsp3) is 0.154. The quantitative estimate of drug-likeness (QED) is 0.850. The number of aliphatic carboxylic acids is 1. The largest absolute Gasteiger partial charge is 0.478 e. The zero-order valence-electron chi connectivity index (χ0n) is 10.8. The van der Waals surface area contributed by atoms with Gasteiger partial charge in [-0.05, 0) is 32.1 Å². The van der Waals surface area contributed by atoms with Crippen molar-refractivity contribution in [2.45, 2.75) is 13.8 Å². The molecule has 0 saturated carbocycles. The molecule has 0 atom stereocenters. The van der Waals surface area contributed by atoms with Crippen molar-refractivity contribution in [3.8, 4) is 0 Å². The number of aromatic nitrogens is 1. The van der Waals surface area contributed by atoms with Gasteiger partial charge in [-0.15, -0.1) is 22.7 Å². The van der Waals surface area contributed by atoms with E-state index in [1.807, 2.05) is 13.8 Å². The number of nitrogens with one attached hydrogen (secondary N) is 1. The van der Waals surface area contributed by atoms with Gasteiger partial charge in [0.15, 0.2) is 5.13 Å². The van der Waals surface area contributed by atoms with E-state index >= 15 is 0 Å². The van der Waals surface area contributed by atoms with Gasteiger partial charge in [0, 0.05) is 15.8 Å². The molecule has 0 aromatic carbocycles. The molecule has 5 nitrogen and oxygen atoms in total. The average Bonchev–Trinajstić information content (AvgIpc) is 2.95. The Labute approximate surface area is 123 Å². The van der Waals surface area contributed by atoms with E-state index in [-0.39, 0.29) is 5.91 Å². The SMILES string of the molecule is Cc1nc(NC(=O)c2ccc(C=CC(=O)O)s2)sc1C. The Kier molecular flexibility index (Phi) is 4.31. The summed E-state index contributed by atoms with van der Waals surface area (Å²) in [5, 5.41) is 11.9. The van der Waals surface area contributed by atoms with E-state index in [9.17, 15) is 9.59 Å². The fourth-order valence-corrected chi connectivity index (χ4v) is 3.02. The minimum Gasteiger partial charge on any atom is -0.478 e. The first kappa shape index (κ1) is 14.4. The minimum atomic E-state index is -1.02. The molecule has 2 aromatic heterocycles. The molecular weight excluding hydrogens is 296 g/mol. The van der Waals surface area contributed by atoms with Gasteiger partial charge in [-0.25, -0.2) is 9.78 Å². The van der Waals surface area contributed by atoms with Crippen LogP contribution in [-0.2, 0) is 4.79 Å². The van der Waals surface area contributed by atoms with Crippen molar-refractivity contribution in [3.63, 3.8) is 0 Å². The van der Waals surface area contributed by atoms with Crippen LogP contribution in [0.4, 0.5) is 5.13 Å². The Balaban J connectivity index is 2.08. The van der Waals surface area contributed by atoms with E-state index < -0.39 is 5.97 Å². The van der Waals surface area contributed by atoms with Crippen LogP contribution in [0.25, 0.3) is 6.08 Å². The first-order chi connectivity index (χ1) is 9.45. The normalized spacial score (nSPS) is 10.9. The molecule has 2 aromatic rings. The van der Waals surface area contributed by atoms with Crippen LogP contribution in [0.5, 0.6) is 0 Å². The lowest BCUT2D eigenvalue weighted by Gasteiger charge is -1.97. The van der Waals surface area contributed by atoms with Crippen molar-refractivity contribution >= 4 is 45.8 Å². The number of carboxylic acid groups (broad SMARTS) is 1. The summed E-state index contributed by atoms with van der Waals surface area (Å²) >= 11 is 2.66. The molecular formula is C13H12N2O3S2. The molecule has 1 amide bonds. The van der Waals surface area contributed by atoms with Gasteiger partial charge in [0.25, 0.3) is 5.91 Å². The standard InChI is InChI=1S/C13H12N2O3S2/c1-7-8(2)19-13(14-7)15-12(18)10-5-3-9(20-10)4-6-11(16)17/h3-6H,1-2H3,(H,16,17)(H,14,15,18). The number of hydrogen-bond donors (Lipinski definition) is 2. The Morgan fingerprint density at radius 1 is 1.30 bits per heavy atom. The van der Waals surface area contributed by atoms with E-state index in [0.29, 0.717) is 14.9 Å². The predicted octanol–water partition coefficient (Wildman–Crippen LogP) is 3.17. The third-order valence-corrected chi connectivity index (χ3v) is 4.53. The van der Waals surface area contributed by atoms with Crippen LogP contribution in [0.1, 0.15) is 25.1 Å². The molecule has 2 heterocycles. The smallest absolute Gasteiger partial charge is 0.328 e. The van der Waals surface area contributed by atoms with Gasteiger partial charge in [-0.1, -0.05) is 0 Å². The molecule has 0 radical (unpaired) electrons. The molecule has 0 spiro atoms. The number of carbonyl (C=O) groups excluding carboxylic acids is 1. The molecule has 2 N–H and O–H groups in total. The zero-order chi connectivity index (χ0) is 14.7. The number of aryl methyl sites for hydroxylation is 2. The maximum Gasteiger partial charge on any atom is 0.328 e. The van der Waals surface area contributed by atoms with Gasteiger partial charge >= 0.3 is 5.97 Å². The van der Waals surface area contributed by atoms with Crippen LogP contribution in [0, 0.1) is 13.8 Å². The Hall–Kier alpha value is -1.99. The second kappa shape index (κ2) is 5.98. The number of amides is 1. The van der Waals surface area contributed by atoms with Crippen LogP contribution >= 0.6 is 22.7 Å². The number of carbonyl (C=O) groups is 2. The van der Waals surface area contributed by atoms with Crippen LogP contribution in [0.3, 0.4) is 0 Å². The minimum absolute atomic E-state index is 0.237. The molecule has 0 aliphatic carbocycles. The molecule has 104 valence electrons. The van der Waals surface area contributed by atoms with Crippen molar-refractivity contribution < 1.29 is 14.7 Å². The highest BCUT2D eigenvalue weighted by atomic mass is 32.1. The third kappa shape index (κ3) is 3.52. The van der Waals surface area contributed by atoms with Crippen molar-refractivity contribution in [3.05, 3.63) is 38.5 Å². The van der Waals surface area contributed by atoms with Gasteiger partial charge in [0.2, 0.25) is 0 Å². The Bertz CT molecular complexity index is 666. The first-order valence-electron chi connectivity index (χ1n) is 5.72. The molecule has 0 saturated heterocycles. The van der Waals surface area contributed by atoms with Crippen LogP contribution in [-0.4, -0.2) is 22.0 Å². The lowest BCUT2D eigenvalue weighted by Crippen LogP contribution is -2.09. The monoisotopic (exact) mass is 308 g/mol. The summed E-state index contributed by atoms with van der Waals surface area (Å²) in [6.07, 6.45) is 2.50. The number of nitrogens with zero attached hydrogens (tertiary/aromatic N) is 1. The van der Waals surface area contributed by atoms with Gasteiger partial charge < -0.3 is 5.11 Å². The number of anilines is 1. The van der Waals surface area contributed by atoms with E-state index in [4.69, 9.17) is 5.11 Å². The summed E-state index contributed by atoms with van der Waals surface area (Å²) in [6, 6.07) is 3.37. The van der Waals surface area contributed by atoms with Crippen molar-refractivity contribution in [2.24, 2.45) is 0 Å². The van der Waals surface area contributed by atoms with E-state index in [1.165, 1.54) is 28.7 Å². The zero-order valence-corrected chi connectivity index (χ0v) is 12.5. The molecule has 0 unspecified atom stereocenters. The number of hydrogen-bond acceptors (Lipinski definition) is 5. The van der Waals surface area contributed by atoms with Gasteiger partial charge in [0.05, 0.1) is 10.6 Å². The summed E-state index contributed by atoms with van der Waals surface area (Å²) in [5.74, 6) is -1.25. The summed E-state index contributed by atoms with van der Waals surface area (Å²) in [5.41, 5.74) is 0.904. The topological polar surface area (TPSA) is 79.3 Å². The van der Waals surface area contributed by atoms with Gasteiger partial charge in [-0.2, -0.15) is 0 Å². The summed E-state index contributed by atoms with van der Waals surface area (Å²) in [4.78, 5) is 29.0. The second-order valence-corrected chi connectivity index (χ2v) is 6.31. The van der Waals surface area contributed by atoms with Crippen LogP contribution < -0.4 is 5.32 Å². The molecule has 0 fully saturated rings. The van der Waals surface area contributed by atoms with Crippen LogP contribution in [0.15, 0.2) is 18.2 Å². The van der Waals surface area contributed by atoms with E-state index in [0.717, 1.165) is 16.6 Å². The molecule has 2 rings (SSSR count). The summed E-state index contributed by atoms with van der Waals surface area (Å²) in [6.45, 7) is 3.84. The molecule has 7 heteroatoms. The van der Waals surface area contributed by atoms with E-state index in [1.54, 1.807) is 12.1 Å². The summed E-state index contributed by atoms with van der Waals surface area (Å²) in [7, 11) is 0. The molecule has 20 heavy (non-hydrogen) atoms. The maximum absolute atomic E-state index is 12.0. The summed E-state index contributed by atoms with van der Waals surface area (Å²) < 4.78 is 0. The van der Waals surface area contributed by atoms with Crippen molar-refractivity contribution in [1.29, 1.82) is 0 Å². The van der Waals surface area contributed by atoms with Crippen LogP contribution in [0.2, 0.25) is 0 Å². The Morgan fingerprint density at radius 3 is 2.65 bits per heavy atom. The van der Waals surface area contributed by atoms with Crippen molar-refractivity contribution in [2.75, 3.05) is 5.32 Å². The second-order valence-electron chi connectivity index (χ2n) is 3.99. The highest BCUT2D eigenvalue weighted by Gasteiger charge is 2.11. The fourth-order valence-electron chi connectivity index (χ4n) is 1.40. The Morgan fingerprint density at radius 2 is 2.05 bits per heavy atom. The molecule has 0 bridgehead atoms. The average molecular weight is 308 g/mol. The number of rotatable bonds is 4. The maximum atomic E-state index is 12.0. The third-order valence-electron chi connectivity index (χ3n) is 2.49.